The smallest absolute Gasteiger partial charge is 0.253 e. The Morgan fingerprint density at radius 3 is 2.37 bits per heavy atom. The Bertz CT molecular complexity index is 1080. The van der Waals surface area contributed by atoms with E-state index in [1.807, 2.05) is 29.2 Å². The van der Waals surface area contributed by atoms with Gasteiger partial charge in [0.1, 0.15) is 31.1 Å². The fourth-order valence-electron chi connectivity index (χ4n) is 3.87. The van der Waals surface area contributed by atoms with Gasteiger partial charge in [-0.1, -0.05) is 0 Å². The summed E-state index contributed by atoms with van der Waals surface area (Å²) in [5, 5.41) is 0.927. The molecule has 1 aromatic heterocycles. The van der Waals surface area contributed by atoms with Gasteiger partial charge in [0, 0.05) is 43.2 Å². The summed E-state index contributed by atoms with van der Waals surface area (Å²) in [7, 11) is 1.61. The maximum atomic E-state index is 12.8. The van der Waals surface area contributed by atoms with E-state index in [9.17, 15) is 4.79 Å². The zero-order valence-corrected chi connectivity index (χ0v) is 16.7. The maximum absolute atomic E-state index is 12.8. The lowest BCUT2D eigenvalue weighted by molar-refractivity contribution is 0.0746. The van der Waals surface area contributed by atoms with Crippen molar-refractivity contribution in [2.45, 2.75) is 0 Å². The molecule has 8 nitrogen and oxygen atoms in total. The van der Waals surface area contributed by atoms with Crippen LogP contribution in [0, 0.1) is 0 Å². The van der Waals surface area contributed by atoms with Crippen LogP contribution in [-0.4, -0.2) is 67.3 Å². The first-order valence-corrected chi connectivity index (χ1v) is 9.95. The normalized spacial score (nSPS) is 15.9. The van der Waals surface area contributed by atoms with E-state index < -0.39 is 0 Å². The summed E-state index contributed by atoms with van der Waals surface area (Å²) in [4.78, 5) is 25.8. The minimum absolute atomic E-state index is 0.0319. The second-order valence-electron chi connectivity index (χ2n) is 7.22. The van der Waals surface area contributed by atoms with E-state index in [1.165, 1.54) is 0 Å². The number of ether oxygens (including phenoxy) is 3. The SMILES string of the molecule is COc1ccc(C(=O)N2CCN(c3ncnc4cc5c(cc34)OCCO5)CC2)cc1. The molecule has 3 heterocycles. The van der Waals surface area contributed by atoms with E-state index in [2.05, 4.69) is 14.9 Å². The standard InChI is InChI=1S/C22H22N4O4/c1-28-16-4-2-15(3-5-16)22(27)26-8-6-25(7-9-26)21-17-12-19-20(30-11-10-29-19)13-18(17)23-14-24-21/h2-5,12-14H,6-11H2,1H3. The van der Waals surface area contributed by atoms with Crippen molar-refractivity contribution in [2.75, 3.05) is 51.4 Å². The first kappa shape index (κ1) is 18.5. The van der Waals surface area contributed by atoms with Crippen LogP contribution in [0.5, 0.6) is 17.2 Å². The monoisotopic (exact) mass is 406 g/mol. The molecular weight excluding hydrogens is 384 g/mol. The third-order valence-electron chi connectivity index (χ3n) is 5.48. The number of piperazine rings is 1. The summed E-state index contributed by atoms with van der Waals surface area (Å²) >= 11 is 0. The summed E-state index contributed by atoms with van der Waals surface area (Å²) in [6.45, 7) is 3.72. The van der Waals surface area contributed by atoms with E-state index in [0.717, 1.165) is 28.2 Å². The highest BCUT2D eigenvalue weighted by atomic mass is 16.6. The molecule has 2 aliphatic heterocycles. The molecule has 0 bridgehead atoms. The Balaban J connectivity index is 1.34. The van der Waals surface area contributed by atoms with Crippen molar-refractivity contribution in [2.24, 2.45) is 0 Å². The van der Waals surface area contributed by atoms with Crippen molar-refractivity contribution in [3.05, 3.63) is 48.3 Å². The van der Waals surface area contributed by atoms with Crippen molar-refractivity contribution in [3.8, 4) is 17.2 Å². The lowest BCUT2D eigenvalue weighted by Crippen LogP contribution is -2.49. The fraction of sp³-hybridized carbons (Fsp3) is 0.318. The molecule has 5 rings (SSSR count). The second-order valence-corrected chi connectivity index (χ2v) is 7.22. The third kappa shape index (κ3) is 3.34. The highest BCUT2D eigenvalue weighted by Crippen LogP contribution is 2.36. The zero-order valence-electron chi connectivity index (χ0n) is 16.7. The zero-order chi connectivity index (χ0) is 20.5. The van der Waals surface area contributed by atoms with Gasteiger partial charge in [0.05, 0.1) is 12.6 Å². The average Bonchev–Trinajstić information content (AvgIpc) is 2.82. The number of rotatable bonds is 3. The number of hydrogen-bond acceptors (Lipinski definition) is 7. The lowest BCUT2D eigenvalue weighted by Gasteiger charge is -2.36. The fourth-order valence-corrected chi connectivity index (χ4v) is 3.87. The van der Waals surface area contributed by atoms with E-state index >= 15 is 0 Å². The maximum Gasteiger partial charge on any atom is 0.253 e. The summed E-state index contributed by atoms with van der Waals surface area (Å²) < 4.78 is 16.6. The van der Waals surface area contributed by atoms with Gasteiger partial charge in [-0.25, -0.2) is 9.97 Å². The van der Waals surface area contributed by atoms with E-state index in [4.69, 9.17) is 14.2 Å². The van der Waals surface area contributed by atoms with Crippen molar-refractivity contribution >= 4 is 22.6 Å². The topological polar surface area (TPSA) is 77.0 Å². The molecule has 8 heteroatoms. The van der Waals surface area contributed by atoms with Crippen LogP contribution in [0.2, 0.25) is 0 Å². The summed E-state index contributed by atoms with van der Waals surface area (Å²) in [5.41, 5.74) is 1.49. The Morgan fingerprint density at radius 2 is 1.67 bits per heavy atom. The molecule has 0 saturated carbocycles. The van der Waals surface area contributed by atoms with E-state index in [1.54, 1.807) is 25.6 Å². The Hall–Kier alpha value is -3.55. The van der Waals surface area contributed by atoms with Gasteiger partial charge >= 0.3 is 0 Å². The predicted octanol–water partition coefficient (Wildman–Crippen LogP) is 2.37. The summed E-state index contributed by atoms with van der Waals surface area (Å²) in [6, 6.07) is 11.1. The highest BCUT2D eigenvalue weighted by Gasteiger charge is 2.25. The van der Waals surface area contributed by atoms with Crippen LogP contribution in [0.25, 0.3) is 10.9 Å². The highest BCUT2D eigenvalue weighted by molar-refractivity contribution is 5.95. The number of aromatic nitrogens is 2. The Labute approximate surface area is 174 Å². The summed E-state index contributed by atoms with van der Waals surface area (Å²) in [5.74, 6) is 3.06. The number of benzene rings is 2. The molecule has 0 unspecified atom stereocenters. The third-order valence-corrected chi connectivity index (χ3v) is 5.48. The Morgan fingerprint density at radius 1 is 0.967 bits per heavy atom. The van der Waals surface area contributed by atoms with Gasteiger partial charge < -0.3 is 24.0 Å². The Kier molecular flexibility index (Phi) is 4.74. The molecule has 0 radical (unpaired) electrons. The molecule has 1 amide bonds. The molecule has 1 saturated heterocycles. The molecule has 154 valence electrons. The number of methoxy groups -OCH3 is 1. The number of carbonyl (C=O) groups excluding carboxylic acids is 1. The molecular formula is C22H22N4O4. The predicted molar refractivity (Wildman–Crippen MR) is 112 cm³/mol. The van der Waals surface area contributed by atoms with E-state index in [-0.39, 0.29) is 5.91 Å². The van der Waals surface area contributed by atoms with Crippen LogP contribution >= 0.6 is 0 Å². The molecule has 1 fully saturated rings. The van der Waals surface area contributed by atoms with Crippen LogP contribution in [0.4, 0.5) is 5.82 Å². The minimum atomic E-state index is 0.0319. The largest absolute Gasteiger partial charge is 0.497 e. The molecule has 2 aromatic carbocycles. The summed E-state index contributed by atoms with van der Waals surface area (Å²) in [6.07, 6.45) is 1.57. The lowest BCUT2D eigenvalue weighted by atomic mass is 10.1. The van der Waals surface area contributed by atoms with Gasteiger partial charge in [0.15, 0.2) is 11.5 Å². The van der Waals surface area contributed by atoms with Crippen molar-refractivity contribution in [1.82, 2.24) is 14.9 Å². The van der Waals surface area contributed by atoms with Crippen LogP contribution in [0.1, 0.15) is 10.4 Å². The van der Waals surface area contributed by atoms with Crippen LogP contribution in [0.15, 0.2) is 42.7 Å². The van der Waals surface area contributed by atoms with Gasteiger partial charge in [0.2, 0.25) is 0 Å². The van der Waals surface area contributed by atoms with Crippen LogP contribution in [-0.2, 0) is 0 Å². The van der Waals surface area contributed by atoms with Crippen molar-refractivity contribution in [1.29, 1.82) is 0 Å². The molecule has 0 aliphatic carbocycles. The molecule has 2 aliphatic rings. The van der Waals surface area contributed by atoms with E-state index in [0.29, 0.717) is 50.7 Å². The number of hydrogen-bond donors (Lipinski definition) is 0. The van der Waals surface area contributed by atoms with Crippen molar-refractivity contribution in [3.63, 3.8) is 0 Å². The second kappa shape index (κ2) is 7.70. The first-order chi connectivity index (χ1) is 14.7. The molecule has 0 spiro atoms. The van der Waals surface area contributed by atoms with Crippen LogP contribution in [0.3, 0.4) is 0 Å². The number of carbonyl (C=O) groups is 1. The van der Waals surface area contributed by atoms with Gasteiger partial charge in [-0.05, 0) is 30.3 Å². The molecule has 3 aromatic rings. The first-order valence-electron chi connectivity index (χ1n) is 9.95. The van der Waals surface area contributed by atoms with Crippen LogP contribution < -0.4 is 19.1 Å². The molecule has 0 atom stereocenters. The molecule has 0 N–H and O–H groups in total. The number of amides is 1. The number of fused-ring (bicyclic) bond motifs is 2. The van der Waals surface area contributed by atoms with Gasteiger partial charge in [-0.2, -0.15) is 0 Å². The van der Waals surface area contributed by atoms with Crippen molar-refractivity contribution < 1.29 is 19.0 Å². The molecule has 30 heavy (non-hydrogen) atoms. The number of nitrogens with zero attached hydrogens (tertiary/aromatic N) is 4. The minimum Gasteiger partial charge on any atom is -0.497 e. The van der Waals surface area contributed by atoms with Gasteiger partial charge in [-0.3, -0.25) is 4.79 Å². The average molecular weight is 406 g/mol. The van der Waals surface area contributed by atoms with Gasteiger partial charge in [0.25, 0.3) is 5.91 Å². The number of anilines is 1. The quantitative estimate of drug-likeness (QED) is 0.661. The van der Waals surface area contributed by atoms with Gasteiger partial charge in [-0.15, -0.1) is 0 Å².